The highest BCUT2D eigenvalue weighted by Crippen LogP contribution is 2.13. The van der Waals surface area contributed by atoms with Gasteiger partial charge in [0.25, 0.3) is 0 Å². The Morgan fingerprint density at radius 1 is 1.33 bits per heavy atom. The lowest BCUT2D eigenvalue weighted by Gasteiger charge is -2.07. The minimum atomic E-state index is -0.280. The van der Waals surface area contributed by atoms with Crippen molar-refractivity contribution in [2.24, 2.45) is 0 Å². The van der Waals surface area contributed by atoms with Crippen LogP contribution in [-0.2, 0) is 0 Å². The molecule has 2 amide bonds. The Kier molecular flexibility index (Phi) is 3.75. The van der Waals surface area contributed by atoms with Crippen LogP contribution in [0.4, 0.5) is 10.5 Å². The van der Waals surface area contributed by atoms with Crippen LogP contribution in [0.15, 0.2) is 18.2 Å². The second-order valence-corrected chi connectivity index (χ2v) is 3.39. The highest BCUT2D eigenvalue weighted by atomic mass is 16.2. The molecule has 0 bridgehead atoms. The fourth-order valence-electron chi connectivity index (χ4n) is 1.35. The van der Waals surface area contributed by atoms with Gasteiger partial charge in [-0.2, -0.15) is 0 Å². The topological polar surface area (TPSA) is 41.1 Å². The summed E-state index contributed by atoms with van der Waals surface area (Å²) >= 11 is 0. The molecule has 78 valence electrons. The van der Waals surface area contributed by atoms with Gasteiger partial charge in [0, 0.05) is 5.69 Å². The summed E-state index contributed by atoms with van der Waals surface area (Å²) in [5, 5.41) is 5.25. The van der Waals surface area contributed by atoms with Crippen LogP contribution in [0, 0.1) is 26.2 Å². The van der Waals surface area contributed by atoms with Crippen LogP contribution in [-0.4, -0.2) is 12.6 Å². The van der Waals surface area contributed by atoms with E-state index in [1.165, 1.54) is 0 Å². The van der Waals surface area contributed by atoms with Crippen molar-refractivity contribution in [1.82, 2.24) is 5.32 Å². The van der Waals surface area contributed by atoms with Crippen molar-refractivity contribution in [2.45, 2.75) is 13.8 Å². The number of nitrogens with one attached hydrogen (secondary N) is 2. The van der Waals surface area contributed by atoms with E-state index in [9.17, 15) is 4.79 Å². The maximum absolute atomic E-state index is 11.3. The molecular weight excluding hydrogens is 188 g/mol. The summed E-state index contributed by atoms with van der Waals surface area (Å²) in [6, 6.07) is 5.58. The Morgan fingerprint density at radius 3 is 2.47 bits per heavy atom. The lowest BCUT2D eigenvalue weighted by atomic mass is 10.1. The zero-order valence-electron chi connectivity index (χ0n) is 8.92. The summed E-state index contributed by atoms with van der Waals surface area (Å²) in [4.78, 5) is 11.3. The highest BCUT2D eigenvalue weighted by molar-refractivity contribution is 5.89. The molecule has 0 spiro atoms. The van der Waals surface area contributed by atoms with Crippen LogP contribution in [0.3, 0.4) is 0 Å². The van der Waals surface area contributed by atoms with Gasteiger partial charge in [0.1, 0.15) is 0 Å². The summed E-state index contributed by atoms with van der Waals surface area (Å²) in [7, 11) is 0. The Balaban J connectivity index is 2.65. The molecule has 0 aliphatic heterocycles. The summed E-state index contributed by atoms with van der Waals surface area (Å²) in [6.45, 7) is 4.20. The molecule has 0 radical (unpaired) electrons. The van der Waals surface area contributed by atoms with E-state index < -0.39 is 0 Å². The van der Waals surface area contributed by atoms with Crippen LogP contribution < -0.4 is 10.6 Å². The van der Waals surface area contributed by atoms with E-state index in [-0.39, 0.29) is 12.6 Å². The molecule has 3 nitrogen and oxygen atoms in total. The molecule has 0 aromatic heterocycles. The van der Waals surface area contributed by atoms with E-state index in [1.807, 2.05) is 32.0 Å². The lowest BCUT2D eigenvalue weighted by molar-refractivity contribution is 0.253. The Labute approximate surface area is 89.9 Å². The summed E-state index contributed by atoms with van der Waals surface area (Å²) < 4.78 is 0. The van der Waals surface area contributed by atoms with Crippen molar-refractivity contribution >= 4 is 11.7 Å². The van der Waals surface area contributed by atoms with Gasteiger partial charge < -0.3 is 10.6 Å². The van der Waals surface area contributed by atoms with E-state index in [4.69, 9.17) is 6.42 Å². The van der Waals surface area contributed by atoms with Gasteiger partial charge >= 0.3 is 6.03 Å². The van der Waals surface area contributed by atoms with E-state index >= 15 is 0 Å². The Morgan fingerprint density at radius 2 is 1.93 bits per heavy atom. The number of benzene rings is 1. The largest absolute Gasteiger partial charge is 0.327 e. The third-order valence-corrected chi connectivity index (χ3v) is 1.83. The molecule has 0 heterocycles. The molecule has 0 saturated heterocycles. The minimum Gasteiger partial charge on any atom is -0.327 e. The van der Waals surface area contributed by atoms with Gasteiger partial charge in [0.2, 0.25) is 0 Å². The molecule has 0 unspecified atom stereocenters. The molecule has 1 rings (SSSR count). The van der Waals surface area contributed by atoms with Crippen molar-refractivity contribution < 1.29 is 4.79 Å². The van der Waals surface area contributed by atoms with Crippen molar-refractivity contribution in [1.29, 1.82) is 0 Å². The van der Waals surface area contributed by atoms with Crippen LogP contribution >= 0.6 is 0 Å². The molecule has 0 atom stereocenters. The molecule has 1 aromatic rings. The smallest absolute Gasteiger partial charge is 0.319 e. The fraction of sp³-hybridized carbons (Fsp3) is 0.250. The van der Waals surface area contributed by atoms with Gasteiger partial charge in [-0.3, -0.25) is 0 Å². The number of carbonyl (C=O) groups is 1. The summed E-state index contributed by atoms with van der Waals surface area (Å²) in [5.41, 5.74) is 3.01. The number of aryl methyl sites for hydroxylation is 2. The molecule has 15 heavy (non-hydrogen) atoms. The van der Waals surface area contributed by atoms with Gasteiger partial charge in [0.15, 0.2) is 0 Å². The second kappa shape index (κ2) is 5.06. The molecule has 2 N–H and O–H groups in total. The fourth-order valence-corrected chi connectivity index (χ4v) is 1.35. The maximum Gasteiger partial charge on any atom is 0.319 e. The minimum absolute atomic E-state index is 0.233. The monoisotopic (exact) mass is 202 g/mol. The predicted octanol–water partition coefficient (Wildman–Crippen LogP) is 2.06. The highest BCUT2D eigenvalue weighted by Gasteiger charge is 2.00. The van der Waals surface area contributed by atoms with Crippen LogP contribution in [0.5, 0.6) is 0 Å². The normalized spacial score (nSPS) is 9.13. The number of amides is 2. The molecule has 0 fully saturated rings. The summed E-state index contributed by atoms with van der Waals surface area (Å²) in [5.74, 6) is 2.34. The number of carbonyl (C=O) groups excluding carboxylic acids is 1. The average Bonchev–Trinajstić information content (AvgIpc) is 2.13. The molecule has 0 saturated carbocycles. The van der Waals surface area contributed by atoms with Crippen LogP contribution in [0.2, 0.25) is 0 Å². The van der Waals surface area contributed by atoms with E-state index in [0.717, 1.165) is 16.8 Å². The Hall–Kier alpha value is -1.95. The first-order valence-corrected chi connectivity index (χ1v) is 4.68. The first-order valence-electron chi connectivity index (χ1n) is 4.68. The standard InChI is InChI=1S/C12H14N2O/c1-4-5-13-12(15)14-11-7-9(2)6-10(3)8-11/h1,6-8H,5H2,2-3H3,(H2,13,14,15). The maximum atomic E-state index is 11.3. The molecule has 0 aliphatic carbocycles. The lowest BCUT2D eigenvalue weighted by Crippen LogP contribution is -2.28. The molecule has 1 aromatic carbocycles. The average molecular weight is 202 g/mol. The molecule has 3 heteroatoms. The zero-order chi connectivity index (χ0) is 11.3. The van der Waals surface area contributed by atoms with Crippen molar-refractivity contribution in [3.05, 3.63) is 29.3 Å². The van der Waals surface area contributed by atoms with Gasteiger partial charge in [0.05, 0.1) is 6.54 Å². The first-order chi connectivity index (χ1) is 7.11. The number of hydrogen-bond donors (Lipinski definition) is 2. The quantitative estimate of drug-likeness (QED) is 0.708. The second-order valence-electron chi connectivity index (χ2n) is 3.39. The van der Waals surface area contributed by atoms with Crippen LogP contribution in [0.1, 0.15) is 11.1 Å². The predicted molar refractivity (Wildman–Crippen MR) is 61.8 cm³/mol. The number of anilines is 1. The van der Waals surface area contributed by atoms with Gasteiger partial charge in [-0.25, -0.2) is 4.79 Å². The van der Waals surface area contributed by atoms with Gasteiger partial charge in [-0.05, 0) is 37.1 Å². The molecule has 0 aliphatic rings. The SMILES string of the molecule is C#CCNC(=O)Nc1cc(C)cc(C)c1. The van der Waals surface area contributed by atoms with Crippen molar-refractivity contribution in [3.63, 3.8) is 0 Å². The zero-order valence-corrected chi connectivity index (χ0v) is 8.92. The third-order valence-electron chi connectivity index (χ3n) is 1.83. The van der Waals surface area contributed by atoms with E-state index in [2.05, 4.69) is 16.6 Å². The van der Waals surface area contributed by atoms with Gasteiger partial charge in [-0.15, -0.1) is 6.42 Å². The Bertz CT molecular complexity index is 384. The third kappa shape index (κ3) is 3.74. The van der Waals surface area contributed by atoms with Gasteiger partial charge in [-0.1, -0.05) is 12.0 Å². The van der Waals surface area contributed by atoms with Crippen LogP contribution in [0.25, 0.3) is 0 Å². The summed E-state index contributed by atoms with van der Waals surface area (Å²) in [6.07, 6.45) is 5.03. The van der Waals surface area contributed by atoms with Crippen molar-refractivity contribution in [2.75, 3.05) is 11.9 Å². The number of rotatable bonds is 2. The number of urea groups is 1. The number of terminal acetylenes is 1. The van der Waals surface area contributed by atoms with E-state index in [0.29, 0.717) is 0 Å². The first kappa shape index (κ1) is 11.1. The number of hydrogen-bond acceptors (Lipinski definition) is 1. The molecular formula is C12H14N2O. The van der Waals surface area contributed by atoms with Crippen molar-refractivity contribution in [3.8, 4) is 12.3 Å². The van der Waals surface area contributed by atoms with E-state index in [1.54, 1.807) is 0 Å².